The largest absolute Gasteiger partial charge is 0.364 e. The molecule has 1 aromatic rings. The van der Waals surface area contributed by atoms with Crippen LogP contribution in [0.5, 0.6) is 0 Å². The Hall–Kier alpha value is -1.46. The minimum Gasteiger partial charge on any atom is -0.364 e. The van der Waals surface area contributed by atoms with Crippen LogP contribution < -0.4 is 11.1 Å². The Morgan fingerprint density at radius 3 is 3.00 bits per heavy atom. The van der Waals surface area contributed by atoms with Gasteiger partial charge in [-0.1, -0.05) is 6.07 Å². The van der Waals surface area contributed by atoms with E-state index in [2.05, 4.69) is 5.32 Å². The van der Waals surface area contributed by atoms with Crippen LogP contribution in [0, 0.1) is 12.7 Å². The van der Waals surface area contributed by atoms with Gasteiger partial charge in [0.2, 0.25) is 0 Å². The van der Waals surface area contributed by atoms with Crippen molar-refractivity contribution in [2.75, 3.05) is 11.9 Å². The summed E-state index contributed by atoms with van der Waals surface area (Å²) in [6, 6.07) is 4.59. The van der Waals surface area contributed by atoms with Crippen molar-refractivity contribution in [3.63, 3.8) is 0 Å². The number of ether oxygens (including phenoxy) is 1. The van der Waals surface area contributed by atoms with E-state index in [9.17, 15) is 9.18 Å². The topological polar surface area (TPSA) is 64.4 Å². The van der Waals surface area contributed by atoms with Crippen LogP contribution in [0.4, 0.5) is 10.1 Å². The molecule has 0 bridgehead atoms. The zero-order valence-electron chi connectivity index (χ0n) is 10.3. The molecule has 0 aliphatic carbocycles. The van der Waals surface area contributed by atoms with E-state index in [1.165, 1.54) is 6.07 Å². The number of aryl methyl sites for hydroxylation is 1. The molecule has 5 heteroatoms. The van der Waals surface area contributed by atoms with Gasteiger partial charge >= 0.3 is 0 Å². The number of anilines is 1. The van der Waals surface area contributed by atoms with Gasteiger partial charge in [0.05, 0.1) is 11.8 Å². The van der Waals surface area contributed by atoms with Crippen LogP contribution >= 0.6 is 0 Å². The molecule has 0 saturated carbocycles. The van der Waals surface area contributed by atoms with Crippen LogP contribution in [0.1, 0.15) is 18.4 Å². The van der Waals surface area contributed by atoms with E-state index in [0.717, 1.165) is 12.0 Å². The van der Waals surface area contributed by atoms with E-state index >= 15 is 0 Å². The molecule has 2 rings (SSSR count). The maximum Gasteiger partial charge on any atom is 0.253 e. The summed E-state index contributed by atoms with van der Waals surface area (Å²) < 4.78 is 18.9. The van der Waals surface area contributed by atoms with E-state index in [-0.39, 0.29) is 17.7 Å². The lowest BCUT2D eigenvalue weighted by atomic mass is 10.1. The van der Waals surface area contributed by atoms with Gasteiger partial charge in [0.15, 0.2) is 0 Å². The highest BCUT2D eigenvalue weighted by Gasteiger charge is 2.30. The highest BCUT2D eigenvalue weighted by atomic mass is 19.1. The fourth-order valence-electron chi connectivity index (χ4n) is 2.02. The molecule has 98 valence electrons. The highest BCUT2D eigenvalue weighted by molar-refractivity contribution is 5.94. The first-order valence-electron chi connectivity index (χ1n) is 6.02. The molecule has 1 saturated heterocycles. The van der Waals surface area contributed by atoms with Crippen LogP contribution in [-0.4, -0.2) is 24.7 Å². The van der Waals surface area contributed by atoms with Gasteiger partial charge < -0.3 is 15.8 Å². The molecule has 1 aliphatic rings. The third-order valence-corrected chi connectivity index (χ3v) is 3.04. The van der Waals surface area contributed by atoms with Crippen molar-refractivity contribution < 1.29 is 13.9 Å². The molecule has 2 atom stereocenters. The Bertz CT molecular complexity index is 451. The smallest absolute Gasteiger partial charge is 0.253 e. The molecule has 4 nitrogen and oxygen atoms in total. The van der Waals surface area contributed by atoms with E-state index in [4.69, 9.17) is 10.5 Å². The molecule has 1 aliphatic heterocycles. The first-order valence-corrected chi connectivity index (χ1v) is 6.02. The molecule has 0 radical (unpaired) electrons. The lowest BCUT2D eigenvalue weighted by molar-refractivity contribution is -0.126. The van der Waals surface area contributed by atoms with Crippen molar-refractivity contribution >= 4 is 11.6 Å². The van der Waals surface area contributed by atoms with Gasteiger partial charge in [-0.2, -0.15) is 0 Å². The molecule has 0 spiro atoms. The van der Waals surface area contributed by atoms with Crippen LogP contribution in [0.15, 0.2) is 18.2 Å². The minimum absolute atomic E-state index is 0.0666. The first-order chi connectivity index (χ1) is 8.60. The maximum absolute atomic E-state index is 13.5. The fourth-order valence-corrected chi connectivity index (χ4v) is 2.02. The van der Waals surface area contributed by atoms with Gasteiger partial charge in [-0.15, -0.1) is 0 Å². The normalized spacial score (nSPS) is 23.1. The maximum atomic E-state index is 13.5. The Morgan fingerprint density at radius 1 is 1.56 bits per heavy atom. The number of hydrogen-bond donors (Lipinski definition) is 2. The summed E-state index contributed by atoms with van der Waals surface area (Å²) in [5.74, 6) is -0.752. The Balaban J connectivity index is 2.01. The summed E-state index contributed by atoms with van der Waals surface area (Å²) >= 11 is 0. The van der Waals surface area contributed by atoms with Crippen molar-refractivity contribution in [2.45, 2.75) is 32.0 Å². The number of nitrogens with one attached hydrogen (secondary N) is 1. The lowest BCUT2D eigenvalue weighted by Gasteiger charge is -2.13. The second-order valence-corrected chi connectivity index (χ2v) is 4.53. The van der Waals surface area contributed by atoms with E-state index < -0.39 is 11.9 Å². The fraction of sp³-hybridized carbons (Fsp3) is 0.462. The number of nitrogens with two attached hydrogens (primary N) is 1. The van der Waals surface area contributed by atoms with Crippen LogP contribution in [0.2, 0.25) is 0 Å². The summed E-state index contributed by atoms with van der Waals surface area (Å²) in [5, 5.41) is 2.56. The molecule has 1 fully saturated rings. The van der Waals surface area contributed by atoms with E-state index in [0.29, 0.717) is 13.0 Å². The minimum atomic E-state index is -0.529. The lowest BCUT2D eigenvalue weighted by Crippen LogP contribution is -2.30. The number of carbonyl (C=O) groups is 1. The standard InChI is InChI=1S/C13H17FN2O2/c1-8-2-4-10(14)11(6-8)16-13(17)12-5-3-9(7-15)18-12/h2,4,6,9,12H,3,5,7,15H2,1H3,(H,16,17)/t9-,12+/m1/s1. The predicted molar refractivity (Wildman–Crippen MR) is 66.7 cm³/mol. The van der Waals surface area contributed by atoms with Gasteiger partial charge in [0, 0.05) is 6.54 Å². The van der Waals surface area contributed by atoms with Gasteiger partial charge in [-0.25, -0.2) is 4.39 Å². The molecule has 18 heavy (non-hydrogen) atoms. The van der Waals surface area contributed by atoms with Gasteiger partial charge in [0.1, 0.15) is 11.9 Å². The van der Waals surface area contributed by atoms with Gasteiger partial charge in [-0.05, 0) is 37.5 Å². The summed E-state index contributed by atoms with van der Waals surface area (Å²) in [6.07, 6.45) is 0.799. The highest BCUT2D eigenvalue weighted by Crippen LogP contribution is 2.22. The van der Waals surface area contributed by atoms with Crippen molar-refractivity contribution in [3.05, 3.63) is 29.6 Å². The zero-order chi connectivity index (χ0) is 13.1. The molecule has 0 aromatic heterocycles. The van der Waals surface area contributed by atoms with Crippen molar-refractivity contribution in [2.24, 2.45) is 5.73 Å². The van der Waals surface area contributed by atoms with E-state index in [1.54, 1.807) is 12.1 Å². The van der Waals surface area contributed by atoms with Crippen LogP contribution in [0.25, 0.3) is 0 Å². The predicted octanol–water partition coefficient (Wildman–Crippen LogP) is 1.58. The number of benzene rings is 1. The summed E-state index contributed by atoms with van der Waals surface area (Å²) in [6.45, 7) is 2.24. The van der Waals surface area contributed by atoms with Crippen molar-refractivity contribution in [1.82, 2.24) is 0 Å². The van der Waals surface area contributed by atoms with E-state index in [1.807, 2.05) is 6.92 Å². The number of hydrogen-bond acceptors (Lipinski definition) is 3. The molecule has 1 aromatic carbocycles. The molecule has 1 amide bonds. The van der Waals surface area contributed by atoms with Gasteiger partial charge in [0.25, 0.3) is 5.91 Å². The number of carbonyl (C=O) groups excluding carboxylic acids is 1. The number of rotatable bonds is 3. The average Bonchev–Trinajstić information content (AvgIpc) is 2.82. The van der Waals surface area contributed by atoms with Crippen molar-refractivity contribution in [3.8, 4) is 0 Å². The second kappa shape index (κ2) is 5.46. The average molecular weight is 252 g/mol. The molecule has 0 unspecified atom stereocenters. The Kier molecular flexibility index (Phi) is 3.93. The molecular formula is C13H17FN2O2. The van der Waals surface area contributed by atoms with Crippen molar-refractivity contribution in [1.29, 1.82) is 0 Å². The number of halogens is 1. The summed E-state index contributed by atoms with van der Waals surface area (Å²) in [5.41, 5.74) is 6.56. The first kappa shape index (κ1) is 13.0. The third-order valence-electron chi connectivity index (χ3n) is 3.04. The monoisotopic (exact) mass is 252 g/mol. The molecule has 1 heterocycles. The third kappa shape index (κ3) is 2.86. The Labute approximate surface area is 105 Å². The summed E-state index contributed by atoms with van der Waals surface area (Å²) in [4.78, 5) is 11.9. The Morgan fingerprint density at radius 2 is 2.33 bits per heavy atom. The molecule has 3 N–H and O–H groups in total. The van der Waals surface area contributed by atoms with Gasteiger partial charge in [-0.3, -0.25) is 4.79 Å². The zero-order valence-corrected chi connectivity index (χ0v) is 10.3. The quantitative estimate of drug-likeness (QED) is 0.858. The summed E-state index contributed by atoms with van der Waals surface area (Å²) in [7, 11) is 0. The van der Waals surface area contributed by atoms with Crippen LogP contribution in [-0.2, 0) is 9.53 Å². The van der Waals surface area contributed by atoms with Crippen LogP contribution in [0.3, 0.4) is 0 Å². The SMILES string of the molecule is Cc1ccc(F)c(NC(=O)[C@@H]2CC[C@H](CN)O2)c1. The number of amides is 1. The molecular weight excluding hydrogens is 235 g/mol. The second-order valence-electron chi connectivity index (χ2n) is 4.53.